The molecule has 110 valence electrons. The number of carboxylic acids is 1. The number of aliphatic carboxylic acids is 1. The number of rotatable bonds is 7. The number of carbonyl (C=O) groups is 2. The zero-order chi connectivity index (χ0) is 15.1. The molecule has 0 aliphatic rings. The van der Waals surface area contributed by atoms with E-state index in [1.807, 2.05) is 6.92 Å². The van der Waals surface area contributed by atoms with Crippen molar-refractivity contribution in [3.63, 3.8) is 0 Å². The molecule has 0 saturated heterocycles. The predicted molar refractivity (Wildman–Crippen MR) is 77.2 cm³/mol. The van der Waals surface area contributed by atoms with Crippen LogP contribution in [0.2, 0.25) is 0 Å². The summed E-state index contributed by atoms with van der Waals surface area (Å²) in [4.78, 5) is 25.0. The first kappa shape index (κ1) is 16.4. The predicted octanol–water partition coefficient (Wildman–Crippen LogP) is 1.75. The highest BCUT2D eigenvalue weighted by molar-refractivity contribution is 7.85. The van der Waals surface area contributed by atoms with Crippen LogP contribution >= 0.6 is 0 Å². The minimum Gasteiger partial charge on any atom is -0.480 e. The van der Waals surface area contributed by atoms with Gasteiger partial charge in [0.25, 0.3) is 5.91 Å². The SMILES string of the molecule is CCCN(CC(=O)O)C(=O)c1ccccc1S(=O)CC. The maximum absolute atomic E-state index is 12.4. The summed E-state index contributed by atoms with van der Waals surface area (Å²) in [7, 11) is -1.25. The number of nitrogens with zero attached hydrogens (tertiary/aromatic N) is 1. The zero-order valence-corrected chi connectivity index (χ0v) is 12.5. The van der Waals surface area contributed by atoms with Crippen LogP contribution in [0, 0.1) is 0 Å². The van der Waals surface area contributed by atoms with Crippen LogP contribution in [0.1, 0.15) is 30.6 Å². The molecule has 0 aliphatic heterocycles. The molecule has 1 unspecified atom stereocenters. The highest BCUT2D eigenvalue weighted by atomic mass is 32.2. The molecule has 20 heavy (non-hydrogen) atoms. The van der Waals surface area contributed by atoms with Gasteiger partial charge in [0.05, 0.1) is 21.3 Å². The molecule has 0 fully saturated rings. The van der Waals surface area contributed by atoms with Crippen molar-refractivity contribution in [2.45, 2.75) is 25.2 Å². The van der Waals surface area contributed by atoms with Crippen LogP contribution in [-0.2, 0) is 15.6 Å². The first-order valence-electron chi connectivity index (χ1n) is 6.49. The van der Waals surface area contributed by atoms with Gasteiger partial charge < -0.3 is 10.0 Å². The lowest BCUT2D eigenvalue weighted by atomic mass is 10.2. The highest BCUT2D eigenvalue weighted by Gasteiger charge is 2.21. The Hall–Kier alpha value is -1.69. The van der Waals surface area contributed by atoms with E-state index < -0.39 is 16.8 Å². The molecule has 0 bridgehead atoms. The van der Waals surface area contributed by atoms with Crippen molar-refractivity contribution in [2.24, 2.45) is 0 Å². The highest BCUT2D eigenvalue weighted by Crippen LogP contribution is 2.16. The molecular weight excluding hydrogens is 278 g/mol. The minimum absolute atomic E-state index is 0.322. The van der Waals surface area contributed by atoms with Gasteiger partial charge in [0.2, 0.25) is 0 Å². The summed E-state index contributed by atoms with van der Waals surface area (Å²) in [5.41, 5.74) is 0.322. The Morgan fingerprint density at radius 3 is 2.45 bits per heavy atom. The second-order valence-corrected chi connectivity index (χ2v) is 5.96. The maximum Gasteiger partial charge on any atom is 0.323 e. The van der Waals surface area contributed by atoms with Crippen LogP contribution in [0.3, 0.4) is 0 Å². The molecule has 1 aromatic rings. The molecule has 5 nitrogen and oxygen atoms in total. The lowest BCUT2D eigenvalue weighted by molar-refractivity contribution is -0.137. The molecular formula is C14H19NO4S. The standard InChI is InChI=1S/C14H19NO4S/c1-3-9-15(10-13(16)17)14(18)11-7-5-6-8-12(11)20(19)4-2/h5-8H,3-4,9-10H2,1-2H3,(H,16,17). The molecule has 0 aliphatic carbocycles. The van der Waals surface area contributed by atoms with Crippen LogP contribution in [-0.4, -0.2) is 44.9 Å². The van der Waals surface area contributed by atoms with Crippen molar-refractivity contribution in [1.29, 1.82) is 0 Å². The van der Waals surface area contributed by atoms with Crippen molar-refractivity contribution in [3.05, 3.63) is 29.8 Å². The van der Waals surface area contributed by atoms with Gasteiger partial charge in [-0.05, 0) is 18.6 Å². The Morgan fingerprint density at radius 2 is 1.90 bits per heavy atom. The van der Waals surface area contributed by atoms with Crippen molar-refractivity contribution in [2.75, 3.05) is 18.8 Å². The van der Waals surface area contributed by atoms with E-state index in [0.29, 0.717) is 29.2 Å². The lowest BCUT2D eigenvalue weighted by Gasteiger charge is -2.21. The number of benzene rings is 1. The maximum atomic E-state index is 12.4. The van der Waals surface area contributed by atoms with E-state index in [4.69, 9.17) is 5.11 Å². The first-order chi connectivity index (χ1) is 9.51. The van der Waals surface area contributed by atoms with E-state index in [1.165, 1.54) is 4.90 Å². The van der Waals surface area contributed by atoms with Gasteiger partial charge in [0.15, 0.2) is 0 Å². The molecule has 0 aromatic heterocycles. The smallest absolute Gasteiger partial charge is 0.323 e. The van der Waals surface area contributed by atoms with Crippen molar-refractivity contribution in [1.82, 2.24) is 4.90 Å². The fourth-order valence-electron chi connectivity index (χ4n) is 1.85. The number of hydrogen-bond donors (Lipinski definition) is 1. The molecule has 1 rings (SSSR count). The minimum atomic E-state index is -1.25. The van der Waals surface area contributed by atoms with E-state index in [1.54, 1.807) is 31.2 Å². The van der Waals surface area contributed by atoms with Gasteiger partial charge in [-0.15, -0.1) is 0 Å². The summed E-state index contributed by atoms with van der Waals surface area (Å²) in [5.74, 6) is -1.02. The zero-order valence-electron chi connectivity index (χ0n) is 11.7. The molecule has 0 spiro atoms. The summed E-state index contributed by atoms with van der Waals surface area (Å²) >= 11 is 0. The van der Waals surface area contributed by atoms with Gasteiger partial charge in [-0.3, -0.25) is 13.8 Å². The fraction of sp³-hybridized carbons (Fsp3) is 0.429. The van der Waals surface area contributed by atoms with Crippen LogP contribution in [0.4, 0.5) is 0 Å². The van der Waals surface area contributed by atoms with Gasteiger partial charge in [0, 0.05) is 12.3 Å². The first-order valence-corrected chi connectivity index (χ1v) is 7.81. The number of amides is 1. The van der Waals surface area contributed by atoms with Crippen LogP contribution in [0.5, 0.6) is 0 Å². The molecule has 1 N–H and O–H groups in total. The number of carbonyl (C=O) groups excluding carboxylic acids is 1. The Morgan fingerprint density at radius 1 is 1.25 bits per heavy atom. The van der Waals surface area contributed by atoms with E-state index >= 15 is 0 Å². The van der Waals surface area contributed by atoms with Crippen LogP contribution in [0.25, 0.3) is 0 Å². The summed E-state index contributed by atoms with van der Waals surface area (Å²) in [6, 6.07) is 6.66. The van der Waals surface area contributed by atoms with Crippen molar-refractivity contribution in [3.8, 4) is 0 Å². The van der Waals surface area contributed by atoms with Gasteiger partial charge in [0.1, 0.15) is 6.54 Å². The molecule has 0 heterocycles. The molecule has 1 aromatic carbocycles. The normalized spacial score (nSPS) is 11.9. The molecule has 1 atom stereocenters. The Bertz CT molecular complexity index is 516. The molecule has 6 heteroatoms. The fourth-order valence-corrected chi connectivity index (χ4v) is 2.80. The third-order valence-corrected chi connectivity index (χ3v) is 4.10. The van der Waals surface area contributed by atoms with Crippen molar-refractivity contribution < 1.29 is 18.9 Å². The van der Waals surface area contributed by atoms with E-state index in [2.05, 4.69) is 0 Å². The van der Waals surface area contributed by atoms with Gasteiger partial charge in [-0.1, -0.05) is 26.0 Å². The Balaban J connectivity index is 3.11. The Labute approximate surface area is 121 Å². The molecule has 1 amide bonds. The monoisotopic (exact) mass is 297 g/mol. The van der Waals surface area contributed by atoms with Gasteiger partial charge in [-0.2, -0.15) is 0 Å². The van der Waals surface area contributed by atoms with Gasteiger partial charge >= 0.3 is 5.97 Å². The third-order valence-electron chi connectivity index (χ3n) is 2.73. The molecule has 0 radical (unpaired) electrons. The Kier molecular flexibility index (Phi) is 6.38. The second-order valence-electron chi connectivity index (χ2n) is 4.25. The average molecular weight is 297 g/mol. The summed E-state index contributed by atoms with van der Waals surface area (Å²) in [6.07, 6.45) is 0.665. The second kappa shape index (κ2) is 7.79. The quantitative estimate of drug-likeness (QED) is 0.832. The van der Waals surface area contributed by atoms with Crippen LogP contribution in [0.15, 0.2) is 29.2 Å². The average Bonchev–Trinajstić information content (AvgIpc) is 2.44. The summed E-state index contributed by atoms with van der Waals surface area (Å²) in [6.45, 7) is 3.66. The van der Waals surface area contributed by atoms with Gasteiger partial charge in [-0.25, -0.2) is 0 Å². The number of carboxylic acid groups (broad SMARTS) is 1. The largest absolute Gasteiger partial charge is 0.480 e. The van der Waals surface area contributed by atoms with Crippen molar-refractivity contribution >= 4 is 22.7 Å². The van der Waals surface area contributed by atoms with Crippen LogP contribution < -0.4 is 0 Å². The summed E-state index contributed by atoms with van der Waals surface area (Å²) in [5, 5.41) is 8.88. The van der Waals surface area contributed by atoms with E-state index in [9.17, 15) is 13.8 Å². The van der Waals surface area contributed by atoms with E-state index in [-0.39, 0.29) is 12.5 Å². The topological polar surface area (TPSA) is 74.7 Å². The lowest BCUT2D eigenvalue weighted by Crippen LogP contribution is -2.36. The van der Waals surface area contributed by atoms with E-state index in [0.717, 1.165) is 0 Å². The molecule has 0 saturated carbocycles. The number of hydrogen-bond acceptors (Lipinski definition) is 3. The summed E-state index contributed by atoms with van der Waals surface area (Å²) < 4.78 is 12.0. The third kappa shape index (κ3) is 4.16.